The van der Waals surface area contributed by atoms with Gasteiger partial charge in [0, 0.05) is 20.6 Å². The van der Waals surface area contributed by atoms with Crippen LogP contribution in [0.4, 0.5) is 0 Å². The first kappa shape index (κ1) is 16.8. The second-order valence-corrected chi connectivity index (χ2v) is 8.30. The first-order valence-corrected chi connectivity index (χ1v) is 9.48. The van der Waals surface area contributed by atoms with Gasteiger partial charge in [-0.1, -0.05) is 30.3 Å². The smallest absolute Gasteiger partial charge is 0.193 e. The van der Waals surface area contributed by atoms with Crippen molar-refractivity contribution in [2.45, 2.75) is 19.4 Å². The summed E-state index contributed by atoms with van der Waals surface area (Å²) >= 11 is 0. The molecule has 1 aliphatic rings. The normalized spacial score (nSPS) is 18.9. The zero-order valence-electron chi connectivity index (χ0n) is 13.3. The maximum absolute atomic E-state index is 11.4. The zero-order valence-corrected chi connectivity index (χ0v) is 14.1. The van der Waals surface area contributed by atoms with E-state index in [4.69, 9.17) is 0 Å². The number of sulfone groups is 1. The van der Waals surface area contributed by atoms with Crippen LogP contribution >= 0.6 is 0 Å². The Labute approximate surface area is 133 Å². The third kappa shape index (κ3) is 5.33. The highest BCUT2D eigenvalue weighted by molar-refractivity contribution is 7.91. The minimum absolute atomic E-state index is 0.317. The Morgan fingerprint density at radius 2 is 1.86 bits per heavy atom. The monoisotopic (exact) mass is 323 g/mol. The van der Waals surface area contributed by atoms with Gasteiger partial charge in [-0.15, -0.1) is 0 Å². The fourth-order valence-electron chi connectivity index (χ4n) is 2.48. The van der Waals surface area contributed by atoms with Gasteiger partial charge in [0.05, 0.1) is 18.1 Å². The minimum Gasteiger partial charge on any atom is -0.356 e. The van der Waals surface area contributed by atoms with E-state index in [0.29, 0.717) is 24.0 Å². The Bertz CT molecular complexity index is 583. The summed E-state index contributed by atoms with van der Waals surface area (Å²) in [6, 6.07) is 10.1. The maximum Gasteiger partial charge on any atom is 0.193 e. The van der Waals surface area contributed by atoms with Crippen molar-refractivity contribution >= 4 is 15.8 Å². The second kappa shape index (κ2) is 7.63. The van der Waals surface area contributed by atoms with Gasteiger partial charge < -0.3 is 10.2 Å². The predicted molar refractivity (Wildman–Crippen MR) is 90.6 cm³/mol. The van der Waals surface area contributed by atoms with Crippen LogP contribution in [0.3, 0.4) is 0 Å². The number of guanidine groups is 1. The average molecular weight is 323 g/mol. The number of hydrogen-bond acceptors (Lipinski definition) is 3. The molecule has 0 amide bonds. The largest absolute Gasteiger partial charge is 0.356 e. The molecular weight excluding hydrogens is 298 g/mol. The Kier molecular flexibility index (Phi) is 5.83. The third-order valence-corrected chi connectivity index (χ3v) is 5.62. The number of aliphatic imine (C=N–C) groups is 1. The van der Waals surface area contributed by atoms with Gasteiger partial charge in [-0.25, -0.2) is 13.4 Å². The van der Waals surface area contributed by atoms with Crippen molar-refractivity contribution in [2.75, 3.05) is 32.1 Å². The molecule has 1 saturated heterocycles. The maximum atomic E-state index is 11.4. The molecule has 22 heavy (non-hydrogen) atoms. The van der Waals surface area contributed by atoms with Crippen LogP contribution in [0.1, 0.15) is 18.4 Å². The SMILES string of the molecule is CN(C)C(=NCc1ccccc1)NCC1CCS(=O)(=O)CC1. The van der Waals surface area contributed by atoms with Crippen molar-refractivity contribution in [1.29, 1.82) is 0 Å². The van der Waals surface area contributed by atoms with Gasteiger partial charge in [-0.2, -0.15) is 0 Å². The van der Waals surface area contributed by atoms with Crippen LogP contribution in [-0.2, 0) is 16.4 Å². The van der Waals surface area contributed by atoms with Crippen LogP contribution < -0.4 is 5.32 Å². The Morgan fingerprint density at radius 1 is 1.23 bits per heavy atom. The van der Waals surface area contributed by atoms with Gasteiger partial charge >= 0.3 is 0 Å². The number of nitrogens with one attached hydrogen (secondary N) is 1. The summed E-state index contributed by atoms with van der Waals surface area (Å²) in [5.41, 5.74) is 1.17. The average Bonchev–Trinajstić information content (AvgIpc) is 2.49. The molecule has 1 heterocycles. The van der Waals surface area contributed by atoms with E-state index in [1.807, 2.05) is 37.2 Å². The van der Waals surface area contributed by atoms with Crippen LogP contribution in [0.15, 0.2) is 35.3 Å². The molecular formula is C16H25N3O2S. The molecule has 1 fully saturated rings. The molecule has 0 unspecified atom stereocenters. The van der Waals surface area contributed by atoms with Gasteiger partial charge in [-0.05, 0) is 24.3 Å². The van der Waals surface area contributed by atoms with E-state index >= 15 is 0 Å². The number of hydrogen-bond donors (Lipinski definition) is 1. The van der Waals surface area contributed by atoms with Crippen LogP contribution in [0.2, 0.25) is 0 Å². The van der Waals surface area contributed by atoms with Gasteiger partial charge in [0.2, 0.25) is 0 Å². The van der Waals surface area contributed by atoms with Crippen molar-refractivity contribution in [1.82, 2.24) is 10.2 Å². The molecule has 0 aliphatic carbocycles. The first-order chi connectivity index (χ1) is 10.5. The molecule has 1 aliphatic heterocycles. The molecule has 1 N–H and O–H groups in total. The highest BCUT2D eigenvalue weighted by Crippen LogP contribution is 2.17. The summed E-state index contributed by atoms with van der Waals surface area (Å²) in [4.78, 5) is 6.58. The Morgan fingerprint density at radius 3 is 2.45 bits per heavy atom. The second-order valence-electron chi connectivity index (χ2n) is 6.00. The third-order valence-electron chi connectivity index (χ3n) is 3.90. The number of rotatable bonds is 4. The molecule has 0 radical (unpaired) electrons. The summed E-state index contributed by atoms with van der Waals surface area (Å²) in [6.07, 6.45) is 1.49. The van der Waals surface area contributed by atoms with Gasteiger partial charge in [-0.3, -0.25) is 0 Å². The first-order valence-electron chi connectivity index (χ1n) is 7.66. The van der Waals surface area contributed by atoms with Crippen molar-refractivity contribution < 1.29 is 8.42 Å². The zero-order chi connectivity index (χ0) is 16.0. The van der Waals surface area contributed by atoms with E-state index in [0.717, 1.165) is 25.3 Å². The van der Waals surface area contributed by atoms with E-state index in [2.05, 4.69) is 22.4 Å². The number of nitrogens with zero attached hydrogens (tertiary/aromatic N) is 2. The van der Waals surface area contributed by atoms with E-state index in [-0.39, 0.29) is 0 Å². The summed E-state index contributed by atoms with van der Waals surface area (Å²) in [5.74, 6) is 1.89. The van der Waals surface area contributed by atoms with Gasteiger partial charge in [0.1, 0.15) is 9.84 Å². The van der Waals surface area contributed by atoms with E-state index < -0.39 is 9.84 Å². The van der Waals surface area contributed by atoms with Crippen LogP contribution in [-0.4, -0.2) is 51.4 Å². The molecule has 2 rings (SSSR count). The highest BCUT2D eigenvalue weighted by Gasteiger charge is 2.23. The molecule has 1 aromatic carbocycles. The van der Waals surface area contributed by atoms with Crippen LogP contribution in [0.25, 0.3) is 0 Å². The van der Waals surface area contributed by atoms with Crippen LogP contribution in [0, 0.1) is 5.92 Å². The van der Waals surface area contributed by atoms with Crippen LogP contribution in [0.5, 0.6) is 0 Å². The summed E-state index contributed by atoms with van der Waals surface area (Å²) in [5, 5.41) is 3.37. The van der Waals surface area contributed by atoms with E-state index in [9.17, 15) is 8.42 Å². The fraction of sp³-hybridized carbons (Fsp3) is 0.562. The standard InChI is InChI=1S/C16H25N3O2S/c1-19(2)16(17-12-14-6-4-3-5-7-14)18-13-15-8-10-22(20,21)11-9-15/h3-7,15H,8-13H2,1-2H3,(H,17,18). The molecule has 0 bridgehead atoms. The quantitative estimate of drug-likeness (QED) is 0.674. The molecule has 0 aromatic heterocycles. The lowest BCUT2D eigenvalue weighted by Gasteiger charge is -2.25. The minimum atomic E-state index is -2.79. The lowest BCUT2D eigenvalue weighted by Crippen LogP contribution is -2.40. The van der Waals surface area contributed by atoms with Crippen molar-refractivity contribution in [3.63, 3.8) is 0 Å². The van der Waals surface area contributed by atoms with Gasteiger partial charge in [0.25, 0.3) is 0 Å². The molecule has 0 atom stereocenters. The van der Waals surface area contributed by atoms with Crippen molar-refractivity contribution in [3.05, 3.63) is 35.9 Å². The summed E-state index contributed by atoms with van der Waals surface area (Å²) < 4.78 is 22.9. The van der Waals surface area contributed by atoms with Crippen molar-refractivity contribution in [3.8, 4) is 0 Å². The van der Waals surface area contributed by atoms with Crippen molar-refractivity contribution in [2.24, 2.45) is 10.9 Å². The Hall–Kier alpha value is -1.56. The van der Waals surface area contributed by atoms with Gasteiger partial charge in [0.15, 0.2) is 5.96 Å². The Balaban J connectivity index is 1.87. The lowest BCUT2D eigenvalue weighted by molar-refractivity contribution is 0.447. The lowest BCUT2D eigenvalue weighted by atomic mass is 10.0. The molecule has 1 aromatic rings. The highest BCUT2D eigenvalue weighted by atomic mass is 32.2. The topological polar surface area (TPSA) is 61.8 Å². The molecule has 122 valence electrons. The van der Waals surface area contributed by atoms with E-state index in [1.165, 1.54) is 5.56 Å². The summed E-state index contributed by atoms with van der Waals surface area (Å²) in [7, 11) is 1.14. The number of benzene rings is 1. The fourth-order valence-corrected chi connectivity index (χ4v) is 4.07. The van der Waals surface area contributed by atoms with E-state index in [1.54, 1.807) is 0 Å². The summed E-state index contributed by atoms with van der Waals surface area (Å²) in [6.45, 7) is 1.42. The molecule has 0 spiro atoms. The molecule has 6 heteroatoms. The molecule has 0 saturated carbocycles. The molecule has 5 nitrogen and oxygen atoms in total. The predicted octanol–water partition coefficient (Wildman–Crippen LogP) is 1.52.